The summed E-state index contributed by atoms with van der Waals surface area (Å²) in [6, 6.07) is 2.05. The summed E-state index contributed by atoms with van der Waals surface area (Å²) in [4.78, 5) is 0. The second-order valence-electron chi connectivity index (χ2n) is 5.82. The van der Waals surface area contributed by atoms with E-state index in [1.54, 1.807) is 0 Å². The molecule has 0 aliphatic heterocycles. The van der Waals surface area contributed by atoms with Crippen molar-refractivity contribution in [3.8, 4) is 0 Å². The lowest BCUT2D eigenvalue weighted by molar-refractivity contribution is 0.0101. The van der Waals surface area contributed by atoms with Crippen LogP contribution in [0, 0.1) is 12.8 Å². The molecular formula is C16H29NO3. The van der Waals surface area contributed by atoms with Gasteiger partial charge in [-0.2, -0.15) is 0 Å². The van der Waals surface area contributed by atoms with Crippen molar-refractivity contribution in [2.75, 3.05) is 19.8 Å². The van der Waals surface area contributed by atoms with Gasteiger partial charge in [-0.05, 0) is 44.9 Å². The smallest absolute Gasteiger partial charge is 0.130 e. The highest BCUT2D eigenvalue weighted by Gasteiger charge is 2.07. The van der Waals surface area contributed by atoms with Crippen LogP contribution in [-0.2, 0) is 22.6 Å². The largest absolute Gasteiger partial charge is 0.462 e. The Labute approximate surface area is 122 Å². The molecule has 1 aromatic rings. The summed E-state index contributed by atoms with van der Waals surface area (Å²) in [5, 5.41) is 3.39. The molecule has 0 fully saturated rings. The molecule has 0 saturated heterocycles. The van der Waals surface area contributed by atoms with Crippen LogP contribution in [0.5, 0.6) is 0 Å². The van der Waals surface area contributed by atoms with Gasteiger partial charge in [-0.15, -0.1) is 0 Å². The average Bonchev–Trinajstić information content (AvgIpc) is 2.69. The van der Waals surface area contributed by atoms with E-state index in [-0.39, 0.29) is 6.10 Å². The minimum atomic E-state index is 0.253. The van der Waals surface area contributed by atoms with Crippen molar-refractivity contribution in [1.82, 2.24) is 5.32 Å². The van der Waals surface area contributed by atoms with Crippen molar-refractivity contribution in [3.63, 3.8) is 0 Å². The van der Waals surface area contributed by atoms with E-state index in [1.807, 2.05) is 13.8 Å². The summed E-state index contributed by atoms with van der Waals surface area (Å²) < 4.78 is 16.8. The van der Waals surface area contributed by atoms with Crippen molar-refractivity contribution in [1.29, 1.82) is 0 Å². The highest BCUT2D eigenvalue weighted by atomic mass is 16.5. The minimum absolute atomic E-state index is 0.253. The fraction of sp³-hybridized carbons (Fsp3) is 0.750. The Hall–Kier alpha value is -0.840. The molecule has 0 amide bonds. The number of furan rings is 1. The molecule has 1 N–H and O–H groups in total. The van der Waals surface area contributed by atoms with E-state index in [4.69, 9.17) is 13.9 Å². The number of hydrogen-bond acceptors (Lipinski definition) is 4. The third-order valence-corrected chi connectivity index (χ3v) is 2.83. The van der Waals surface area contributed by atoms with Crippen LogP contribution in [0.15, 0.2) is 10.5 Å². The van der Waals surface area contributed by atoms with Crippen LogP contribution in [0.2, 0.25) is 0 Å². The molecule has 0 aromatic carbocycles. The number of rotatable bonds is 10. The second kappa shape index (κ2) is 9.16. The van der Waals surface area contributed by atoms with Gasteiger partial charge in [0.2, 0.25) is 0 Å². The maximum Gasteiger partial charge on any atom is 0.130 e. The molecule has 20 heavy (non-hydrogen) atoms. The van der Waals surface area contributed by atoms with E-state index < -0.39 is 0 Å². The number of ether oxygens (including phenoxy) is 2. The Morgan fingerprint density at radius 1 is 1.20 bits per heavy atom. The van der Waals surface area contributed by atoms with Gasteiger partial charge in [0.25, 0.3) is 0 Å². The SMILES string of the molecule is Cc1cc(COCCOC(C)C)oc1CNCC(C)C. The van der Waals surface area contributed by atoms with Crippen molar-refractivity contribution < 1.29 is 13.9 Å². The molecule has 0 atom stereocenters. The molecule has 0 bridgehead atoms. The third kappa shape index (κ3) is 7.08. The van der Waals surface area contributed by atoms with Crippen LogP contribution in [-0.4, -0.2) is 25.9 Å². The van der Waals surface area contributed by atoms with Crippen LogP contribution in [0.1, 0.15) is 44.8 Å². The highest BCUT2D eigenvalue weighted by molar-refractivity contribution is 5.19. The van der Waals surface area contributed by atoms with Gasteiger partial charge in [0.1, 0.15) is 18.1 Å². The lowest BCUT2D eigenvalue weighted by atomic mass is 10.2. The second-order valence-corrected chi connectivity index (χ2v) is 5.82. The average molecular weight is 283 g/mol. The van der Waals surface area contributed by atoms with Gasteiger partial charge in [-0.25, -0.2) is 0 Å². The maximum absolute atomic E-state index is 5.80. The molecule has 0 unspecified atom stereocenters. The first-order valence-corrected chi connectivity index (χ1v) is 7.47. The van der Waals surface area contributed by atoms with Gasteiger partial charge in [-0.3, -0.25) is 0 Å². The standard InChI is InChI=1S/C16H29NO3/c1-12(2)9-17-10-16-14(5)8-15(20-16)11-18-6-7-19-13(3)4/h8,12-13,17H,6-7,9-11H2,1-5H3. The minimum Gasteiger partial charge on any atom is -0.462 e. The van der Waals surface area contributed by atoms with Gasteiger partial charge in [0.15, 0.2) is 0 Å². The van der Waals surface area contributed by atoms with E-state index in [1.165, 1.54) is 5.56 Å². The summed E-state index contributed by atoms with van der Waals surface area (Å²) >= 11 is 0. The molecule has 0 aliphatic carbocycles. The van der Waals surface area contributed by atoms with Gasteiger partial charge >= 0.3 is 0 Å². The fourth-order valence-corrected chi connectivity index (χ4v) is 1.83. The molecule has 0 aliphatic rings. The predicted molar refractivity (Wildman–Crippen MR) is 80.7 cm³/mol. The van der Waals surface area contributed by atoms with E-state index in [0.29, 0.717) is 25.7 Å². The molecule has 116 valence electrons. The lowest BCUT2D eigenvalue weighted by Crippen LogP contribution is -2.18. The lowest BCUT2D eigenvalue weighted by Gasteiger charge is -2.07. The van der Waals surface area contributed by atoms with Crippen LogP contribution in [0.3, 0.4) is 0 Å². The summed E-state index contributed by atoms with van der Waals surface area (Å²) in [5.41, 5.74) is 1.18. The number of nitrogens with one attached hydrogen (secondary N) is 1. The van der Waals surface area contributed by atoms with E-state index in [9.17, 15) is 0 Å². The molecule has 4 nitrogen and oxygen atoms in total. The van der Waals surface area contributed by atoms with Crippen LogP contribution >= 0.6 is 0 Å². The Kier molecular flexibility index (Phi) is 7.88. The molecule has 4 heteroatoms. The van der Waals surface area contributed by atoms with Crippen molar-refractivity contribution in [3.05, 3.63) is 23.2 Å². The van der Waals surface area contributed by atoms with Crippen LogP contribution in [0.25, 0.3) is 0 Å². The van der Waals surface area contributed by atoms with Gasteiger partial charge < -0.3 is 19.2 Å². The molecule has 1 heterocycles. The van der Waals surface area contributed by atoms with Crippen LogP contribution < -0.4 is 5.32 Å². The highest BCUT2D eigenvalue weighted by Crippen LogP contribution is 2.15. The number of hydrogen-bond donors (Lipinski definition) is 1. The Morgan fingerprint density at radius 3 is 2.60 bits per heavy atom. The Balaban J connectivity index is 2.26. The molecule has 0 saturated carbocycles. The first kappa shape index (κ1) is 17.2. The normalized spacial score (nSPS) is 11.8. The zero-order valence-corrected chi connectivity index (χ0v) is 13.5. The summed E-state index contributed by atoms with van der Waals surface area (Å²) in [6.45, 7) is 14.0. The van der Waals surface area contributed by atoms with Crippen molar-refractivity contribution in [2.24, 2.45) is 5.92 Å². The van der Waals surface area contributed by atoms with Crippen LogP contribution in [0.4, 0.5) is 0 Å². The zero-order valence-electron chi connectivity index (χ0n) is 13.5. The molecule has 0 spiro atoms. The summed E-state index contributed by atoms with van der Waals surface area (Å²) in [6.07, 6.45) is 0.253. The van der Waals surface area contributed by atoms with E-state index in [2.05, 4.69) is 32.2 Å². The fourth-order valence-electron chi connectivity index (χ4n) is 1.83. The van der Waals surface area contributed by atoms with Gasteiger partial charge in [0.05, 0.1) is 25.9 Å². The molecule has 1 rings (SSSR count). The summed E-state index contributed by atoms with van der Waals surface area (Å²) in [7, 11) is 0. The molecule has 0 radical (unpaired) electrons. The first-order chi connectivity index (χ1) is 9.49. The number of aryl methyl sites for hydroxylation is 1. The predicted octanol–water partition coefficient (Wildman–Crippen LogP) is 3.28. The van der Waals surface area contributed by atoms with Gasteiger partial charge in [0, 0.05) is 0 Å². The van der Waals surface area contributed by atoms with Crippen molar-refractivity contribution in [2.45, 2.75) is 53.9 Å². The third-order valence-electron chi connectivity index (χ3n) is 2.83. The van der Waals surface area contributed by atoms with Crippen molar-refractivity contribution >= 4 is 0 Å². The quantitative estimate of drug-likeness (QED) is 0.669. The van der Waals surface area contributed by atoms with E-state index >= 15 is 0 Å². The van der Waals surface area contributed by atoms with E-state index in [0.717, 1.165) is 24.6 Å². The Morgan fingerprint density at radius 2 is 1.95 bits per heavy atom. The van der Waals surface area contributed by atoms with Gasteiger partial charge in [-0.1, -0.05) is 13.8 Å². The Bertz CT molecular complexity index is 372. The monoisotopic (exact) mass is 283 g/mol. The molecule has 1 aromatic heterocycles. The maximum atomic E-state index is 5.80. The summed E-state index contributed by atoms with van der Waals surface area (Å²) in [5.74, 6) is 2.53. The first-order valence-electron chi connectivity index (χ1n) is 7.47. The zero-order chi connectivity index (χ0) is 15.0. The molecular weight excluding hydrogens is 254 g/mol. The topological polar surface area (TPSA) is 43.6 Å².